The number of benzene rings is 1. The molecule has 2 aromatic rings. The van der Waals surface area contributed by atoms with Gasteiger partial charge in [0.1, 0.15) is 5.82 Å². The minimum atomic E-state index is -0.458. The number of aryl methyl sites for hydroxylation is 1. The second-order valence-corrected chi connectivity index (χ2v) is 4.47. The van der Waals surface area contributed by atoms with Crippen molar-refractivity contribution >= 4 is 17.3 Å². The summed E-state index contributed by atoms with van der Waals surface area (Å²) in [7, 11) is 0. The number of aromatic nitrogens is 2. The molecule has 0 spiro atoms. The van der Waals surface area contributed by atoms with E-state index in [1.165, 1.54) is 29.1 Å². The van der Waals surface area contributed by atoms with Crippen LogP contribution >= 0.6 is 0 Å². The van der Waals surface area contributed by atoms with Crippen LogP contribution in [0.4, 0.5) is 15.8 Å². The van der Waals surface area contributed by atoms with E-state index in [1.807, 2.05) is 0 Å². The van der Waals surface area contributed by atoms with E-state index >= 15 is 0 Å². The lowest BCUT2D eigenvalue weighted by Gasteiger charge is -2.08. The van der Waals surface area contributed by atoms with Gasteiger partial charge < -0.3 is 11.1 Å². The van der Waals surface area contributed by atoms with Crippen molar-refractivity contribution in [2.75, 3.05) is 11.1 Å². The first-order valence-electron chi connectivity index (χ1n) is 6.43. The molecule has 2 rings (SSSR count). The van der Waals surface area contributed by atoms with E-state index in [4.69, 9.17) is 5.73 Å². The quantitative estimate of drug-likeness (QED) is 0.814. The first kappa shape index (κ1) is 14.7. The van der Waals surface area contributed by atoms with Gasteiger partial charge in [-0.2, -0.15) is 5.10 Å². The Morgan fingerprint density at radius 1 is 1.38 bits per heavy atom. The first-order valence-corrected chi connectivity index (χ1v) is 6.43. The van der Waals surface area contributed by atoms with Crippen LogP contribution in [0.2, 0.25) is 0 Å². The van der Waals surface area contributed by atoms with E-state index < -0.39 is 5.82 Å². The molecule has 0 bridgehead atoms. The van der Waals surface area contributed by atoms with Crippen LogP contribution < -0.4 is 16.6 Å². The van der Waals surface area contributed by atoms with Gasteiger partial charge in [-0.25, -0.2) is 9.07 Å². The molecule has 0 saturated carbocycles. The van der Waals surface area contributed by atoms with Gasteiger partial charge in [0, 0.05) is 25.2 Å². The van der Waals surface area contributed by atoms with E-state index in [-0.39, 0.29) is 23.6 Å². The average Bonchev–Trinajstić information content (AvgIpc) is 2.44. The van der Waals surface area contributed by atoms with Gasteiger partial charge in [0.05, 0.1) is 11.4 Å². The molecule has 7 heteroatoms. The Morgan fingerprint density at radius 3 is 2.90 bits per heavy atom. The number of carbonyl (C=O) groups excluding carboxylic acids is 1. The fourth-order valence-corrected chi connectivity index (χ4v) is 1.80. The summed E-state index contributed by atoms with van der Waals surface area (Å²) in [5.74, 6) is -0.711. The van der Waals surface area contributed by atoms with Gasteiger partial charge in [0.25, 0.3) is 5.56 Å². The molecule has 3 N–H and O–H groups in total. The molecular formula is C14H15FN4O2. The van der Waals surface area contributed by atoms with Gasteiger partial charge in [-0.3, -0.25) is 9.59 Å². The third-order valence-corrected chi connectivity index (χ3v) is 2.85. The van der Waals surface area contributed by atoms with Crippen molar-refractivity contribution in [1.29, 1.82) is 0 Å². The van der Waals surface area contributed by atoms with Gasteiger partial charge in [-0.1, -0.05) is 0 Å². The summed E-state index contributed by atoms with van der Waals surface area (Å²) in [6, 6.07) is 6.74. The molecule has 0 atom stereocenters. The number of amides is 1. The third-order valence-electron chi connectivity index (χ3n) is 2.85. The molecule has 0 unspecified atom stereocenters. The molecule has 21 heavy (non-hydrogen) atoms. The second-order valence-electron chi connectivity index (χ2n) is 4.47. The first-order chi connectivity index (χ1) is 10.1. The number of hydrogen-bond acceptors (Lipinski definition) is 4. The number of nitrogens with zero attached hydrogens (tertiary/aromatic N) is 2. The number of carbonyl (C=O) groups is 1. The third kappa shape index (κ3) is 4.13. The molecule has 0 radical (unpaired) electrons. The van der Waals surface area contributed by atoms with Crippen LogP contribution in [0.15, 0.2) is 41.3 Å². The highest BCUT2D eigenvalue weighted by Crippen LogP contribution is 2.19. The van der Waals surface area contributed by atoms with Crippen molar-refractivity contribution in [3.05, 3.63) is 52.7 Å². The van der Waals surface area contributed by atoms with Crippen LogP contribution in [0.25, 0.3) is 0 Å². The smallest absolute Gasteiger partial charge is 0.266 e. The minimum Gasteiger partial charge on any atom is -0.397 e. The lowest BCUT2D eigenvalue weighted by Crippen LogP contribution is -2.22. The Labute approximate surface area is 120 Å². The Balaban J connectivity index is 1.85. The highest BCUT2D eigenvalue weighted by Gasteiger charge is 2.06. The Hall–Kier alpha value is -2.70. The van der Waals surface area contributed by atoms with E-state index in [0.29, 0.717) is 18.7 Å². The molecule has 1 aromatic heterocycles. The zero-order chi connectivity index (χ0) is 15.2. The summed E-state index contributed by atoms with van der Waals surface area (Å²) in [5, 5.41) is 6.49. The molecule has 1 amide bonds. The van der Waals surface area contributed by atoms with Gasteiger partial charge >= 0.3 is 0 Å². The van der Waals surface area contributed by atoms with Crippen molar-refractivity contribution in [2.24, 2.45) is 0 Å². The van der Waals surface area contributed by atoms with E-state index in [0.717, 1.165) is 6.07 Å². The standard InChI is InChI=1S/C14H15FN4O2/c15-10-5-6-12(11(16)9-10)18-13(20)3-2-8-19-14(21)4-1-7-17-19/h1,4-7,9H,2-3,8,16H2,(H,18,20). The van der Waals surface area contributed by atoms with Gasteiger partial charge in [0.15, 0.2) is 0 Å². The van der Waals surface area contributed by atoms with Crippen LogP contribution in [0.1, 0.15) is 12.8 Å². The molecule has 0 aliphatic heterocycles. The predicted octanol–water partition coefficient (Wildman–Crippen LogP) is 1.38. The highest BCUT2D eigenvalue weighted by atomic mass is 19.1. The number of nitrogens with one attached hydrogen (secondary N) is 1. The fourth-order valence-electron chi connectivity index (χ4n) is 1.80. The Morgan fingerprint density at radius 2 is 2.19 bits per heavy atom. The van der Waals surface area contributed by atoms with Crippen molar-refractivity contribution in [3.8, 4) is 0 Å². The second kappa shape index (κ2) is 6.65. The molecule has 110 valence electrons. The van der Waals surface area contributed by atoms with Crippen LogP contribution in [0, 0.1) is 5.82 Å². The fraction of sp³-hybridized carbons (Fsp3) is 0.214. The average molecular weight is 290 g/mol. The Kier molecular flexibility index (Phi) is 4.65. The molecule has 0 aliphatic rings. The van der Waals surface area contributed by atoms with Crippen LogP contribution in [-0.4, -0.2) is 15.7 Å². The number of nitrogens with two attached hydrogens (primary N) is 1. The van der Waals surface area contributed by atoms with Crippen LogP contribution in [-0.2, 0) is 11.3 Å². The van der Waals surface area contributed by atoms with E-state index in [9.17, 15) is 14.0 Å². The largest absolute Gasteiger partial charge is 0.397 e. The molecule has 6 nitrogen and oxygen atoms in total. The van der Waals surface area contributed by atoms with Crippen LogP contribution in [0.3, 0.4) is 0 Å². The predicted molar refractivity (Wildman–Crippen MR) is 77.2 cm³/mol. The summed E-state index contributed by atoms with van der Waals surface area (Å²) in [6.45, 7) is 0.353. The lowest BCUT2D eigenvalue weighted by atomic mass is 10.2. The van der Waals surface area contributed by atoms with Gasteiger partial charge in [-0.05, 0) is 30.7 Å². The summed E-state index contributed by atoms with van der Waals surface area (Å²) in [6.07, 6.45) is 2.18. The molecule has 0 fully saturated rings. The number of halogens is 1. The highest BCUT2D eigenvalue weighted by molar-refractivity contribution is 5.93. The number of anilines is 2. The topological polar surface area (TPSA) is 90.0 Å². The summed E-state index contributed by atoms with van der Waals surface area (Å²) < 4.78 is 14.2. The molecule has 1 heterocycles. The molecular weight excluding hydrogens is 275 g/mol. The number of hydrogen-bond donors (Lipinski definition) is 2. The maximum atomic E-state index is 12.9. The van der Waals surface area contributed by atoms with Gasteiger partial charge in [-0.15, -0.1) is 0 Å². The van der Waals surface area contributed by atoms with Crippen molar-refractivity contribution in [1.82, 2.24) is 9.78 Å². The summed E-state index contributed by atoms with van der Waals surface area (Å²) >= 11 is 0. The normalized spacial score (nSPS) is 10.3. The summed E-state index contributed by atoms with van der Waals surface area (Å²) in [4.78, 5) is 23.2. The lowest BCUT2D eigenvalue weighted by molar-refractivity contribution is -0.116. The zero-order valence-electron chi connectivity index (χ0n) is 11.3. The molecule has 1 aromatic carbocycles. The zero-order valence-corrected chi connectivity index (χ0v) is 11.3. The van der Waals surface area contributed by atoms with Crippen molar-refractivity contribution < 1.29 is 9.18 Å². The number of nitrogen functional groups attached to an aromatic ring is 1. The summed E-state index contributed by atoms with van der Waals surface area (Å²) in [5.41, 5.74) is 5.93. The van der Waals surface area contributed by atoms with E-state index in [1.54, 1.807) is 6.07 Å². The van der Waals surface area contributed by atoms with Crippen LogP contribution in [0.5, 0.6) is 0 Å². The monoisotopic (exact) mass is 290 g/mol. The number of rotatable bonds is 5. The minimum absolute atomic E-state index is 0.171. The Bertz CT molecular complexity index is 699. The molecule has 0 aliphatic carbocycles. The van der Waals surface area contributed by atoms with Crippen molar-refractivity contribution in [2.45, 2.75) is 19.4 Å². The SMILES string of the molecule is Nc1cc(F)ccc1NC(=O)CCCn1ncccc1=O. The molecule has 0 saturated heterocycles. The van der Waals surface area contributed by atoms with Gasteiger partial charge in [0.2, 0.25) is 5.91 Å². The maximum Gasteiger partial charge on any atom is 0.266 e. The van der Waals surface area contributed by atoms with E-state index in [2.05, 4.69) is 10.4 Å². The van der Waals surface area contributed by atoms with Crippen molar-refractivity contribution in [3.63, 3.8) is 0 Å². The maximum absolute atomic E-state index is 12.9.